The first-order valence-corrected chi connectivity index (χ1v) is 11.6. The van der Waals surface area contributed by atoms with E-state index in [1.54, 1.807) is 18.3 Å². The van der Waals surface area contributed by atoms with Crippen LogP contribution in [0.25, 0.3) is 22.2 Å². The van der Waals surface area contributed by atoms with Crippen molar-refractivity contribution >= 4 is 22.4 Å². The van der Waals surface area contributed by atoms with Crippen LogP contribution in [0.2, 0.25) is 0 Å². The molecule has 4 N–H and O–H groups in total. The van der Waals surface area contributed by atoms with Crippen LogP contribution in [0, 0.1) is 5.82 Å². The van der Waals surface area contributed by atoms with E-state index in [0.29, 0.717) is 52.5 Å². The van der Waals surface area contributed by atoms with Crippen LogP contribution in [0.5, 0.6) is 0 Å². The second-order valence-corrected chi connectivity index (χ2v) is 8.83. The van der Waals surface area contributed by atoms with Crippen molar-refractivity contribution in [3.8, 4) is 11.3 Å². The summed E-state index contributed by atoms with van der Waals surface area (Å²) < 4.78 is 20.6. The van der Waals surface area contributed by atoms with Gasteiger partial charge in [0.2, 0.25) is 0 Å². The number of ether oxygens (including phenoxy) is 1. The Morgan fingerprint density at radius 3 is 2.91 bits per heavy atom. The Kier molecular flexibility index (Phi) is 5.35. The number of benzene rings is 1. The smallest absolute Gasteiger partial charge is 0.259 e. The number of H-pyrrole nitrogens is 2. The molecule has 0 aliphatic carbocycles. The van der Waals surface area contributed by atoms with Crippen LogP contribution in [0.1, 0.15) is 35.6 Å². The predicted octanol–water partition coefficient (Wildman–Crippen LogP) is 3.74. The fourth-order valence-corrected chi connectivity index (χ4v) is 5.00. The fraction of sp³-hybridized carbons (Fsp3) is 0.320. The number of aromatic nitrogens is 4. The maximum atomic E-state index is 15.1. The van der Waals surface area contributed by atoms with Crippen molar-refractivity contribution < 1.29 is 9.13 Å². The number of rotatable bonds is 4. The summed E-state index contributed by atoms with van der Waals surface area (Å²) in [5.74, 6) is 0.649. The lowest BCUT2D eigenvalue weighted by Crippen LogP contribution is -2.24. The van der Waals surface area contributed by atoms with Gasteiger partial charge in [-0.2, -0.15) is 5.10 Å². The molecule has 5 heterocycles. The molecule has 0 bridgehead atoms. The average Bonchev–Trinajstić information content (AvgIpc) is 3.33. The third-order valence-corrected chi connectivity index (χ3v) is 6.73. The number of aromatic amines is 2. The number of hydrogen-bond acceptors (Lipinski definition) is 6. The SMILES string of the molecule is O=c1[nH]ccc2nc(-c3c(F)ccc4c3CCNC4)cc(Nc3cc(C4CCOCC4)[nH]n3)c12. The molecule has 3 aromatic heterocycles. The van der Waals surface area contributed by atoms with Crippen molar-refractivity contribution in [2.24, 2.45) is 0 Å². The Balaban J connectivity index is 1.45. The van der Waals surface area contributed by atoms with Gasteiger partial charge in [0.25, 0.3) is 5.56 Å². The highest BCUT2D eigenvalue weighted by Crippen LogP contribution is 2.35. The molecule has 1 aromatic carbocycles. The molecule has 34 heavy (non-hydrogen) atoms. The Morgan fingerprint density at radius 2 is 2.03 bits per heavy atom. The quantitative estimate of drug-likeness (QED) is 0.370. The van der Waals surface area contributed by atoms with Crippen LogP contribution in [0.4, 0.5) is 15.9 Å². The first kappa shape index (κ1) is 21.0. The van der Waals surface area contributed by atoms with Gasteiger partial charge in [-0.3, -0.25) is 9.89 Å². The van der Waals surface area contributed by atoms with Gasteiger partial charge in [0, 0.05) is 49.2 Å². The van der Waals surface area contributed by atoms with Crippen LogP contribution in [-0.2, 0) is 17.7 Å². The van der Waals surface area contributed by atoms with Crippen molar-refractivity contribution in [1.29, 1.82) is 0 Å². The van der Waals surface area contributed by atoms with E-state index in [4.69, 9.17) is 9.72 Å². The normalized spacial score (nSPS) is 16.5. The van der Waals surface area contributed by atoms with Gasteiger partial charge in [-0.05, 0) is 55.1 Å². The third-order valence-electron chi connectivity index (χ3n) is 6.73. The van der Waals surface area contributed by atoms with E-state index in [9.17, 15) is 4.79 Å². The minimum atomic E-state index is -0.315. The second kappa shape index (κ2) is 8.66. The van der Waals surface area contributed by atoms with Crippen molar-refractivity contribution in [2.75, 3.05) is 25.1 Å². The number of hydrogen-bond donors (Lipinski definition) is 4. The molecule has 4 aromatic rings. The Hall–Kier alpha value is -3.56. The van der Waals surface area contributed by atoms with E-state index < -0.39 is 0 Å². The zero-order valence-electron chi connectivity index (χ0n) is 18.6. The summed E-state index contributed by atoms with van der Waals surface area (Å²) in [5.41, 5.74) is 4.83. The van der Waals surface area contributed by atoms with E-state index in [0.717, 1.165) is 49.4 Å². The first-order chi connectivity index (χ1) is 16.7. The van der Waals surface area contributed by atoms with Crippen molar-refractivity contribution in [2.45, 2.75) is 31.7 Å². The van der Waals surface area contributed by atoms with E-state index >= 15 is 4.39 Å². The Morgan fingerprint density at radius 1 is 1.15 bits per heavy atom. The lowest BCUT2D eigenvalue weighted by Gasteiger charge is -2.21. The van der Waals surface area contributed by atoms with Gasteiger partial charge in [-0.15, -0.1) is 0 Å². The molecule has 0 atom stereocenters. The molecule has 2 aliphatic heterocycles. The number of anilines is 2. The summed E-state index contributed by atoms with van der Waals surface area (Å²) >= 11 is 0. The lowest BCUT2D eigenvalue weighted by molar-refractivity contribution is 0.0845. The number of nitrogens with zero attached hydrogens (tertiary/aromatic N) is 2. The molecule has 8 nitrogen and oxygen atoms in total. The van der Waals surface area contributed by atoms with E-state index in [-0.39, 0.29) is 11.4 Å². The molecule has 0 saturated carbocycles. The summed E-state index contributed by atoms with van der Waals surface area (Å²) in [4.78, 5) is 20.1. The topological polar surface area (TPSA) is 108 Å². The number of fused-ring (bicyclic) bond motifs is 2. The molecule has 6 rings (SSSR count). The molecule has 174 valence electrons. The van der Waals surface area contributed by atoms with E-state index in [1.807, 2.05) is 12.1 Å². The molecule has 0 radical (unpaired) electrons. The summed E-state index contributed by atoms with van der Waals surface area (Å²) in [6.45, 7) is 2.96. The number of halogens is 1. The zero-order chi connectivity index (χ0) is 23.1. The summed E-state index contributed by atoms with van der Waals surface area (Å²) in [5, 5.41) is 14.6. The standard InChI is InChI=1S/C25H25FN6O2/c26-17-2-1-15-13-27-7-3-16(15)23(17)20-11-21(24-18(29-20)4-8-28-25(24)33)30-22-12-19(31-32-22)14-5-9-34-10-6-14/h1-2,4,8,11-12,14,27H,3,5-7,9-10,13H2,(H,28,33)(H2,29,30,31,32). The van der Waals surface area contributed by atoms with Gasteiger partial charge in [0.05, 0.1) is 22.3 Å². The Labute approximate surface area is 195 Å². The van der Waals surface area contributed by atoms with Crippen LogP contribution < -0.4 is 16.2 Å². The Bertz CT molecular complexity index is 1420. The predicted molar refractivity (Wildman–Crippen MR) is 128 cm³/mol. The van der Waals surface area contributed by atoms with E-state index in [1.165, 1.54) is 6.07 Å². The maximum absolute atomic E-state index is 15.1. The van der Waals surface area contributed by atoms with Gasteiger partial charge in [-0.25, -0.2) is 9.37 Å². The molecule has 0 unspecified atom stereocenters. The molecule has 2 aliphatic rings. The third kappa shape index (κ3) is 3.76. The fourth-order valence-electron chi connectivity index (χ4n) is 5.00. The minimum Gasteiger partial charge on any atom is -0.381 e. The average molecular weight is 461 g/mol. The lowest BCUT2D eigenvalue weighted by atomic mass is 9.92. The summed E-state index contributed by atoms with van der Waals surface area (Å²) in [7, 11) is 0. The minimum absolute atomic E-state index is 0.265. The van der Waals surface area contributed by atoms with Crippen molar-refractivity contribution in [1.82, 2.24) is 25.5 Å². The van der Waals surface area contributed by atoms with Crippen LogP contribution in [0.15, 0.2) is 41.3 Å². The maximum Gasteiger partial charge on any atom is 0.259 e. The zero-order valence-corrected chi connectivity index (χ0v) is 18.6. The van der Waals surface area contributed by atoms with Gasteiger partial charge in [0.15, 0.2) is 5.82 Å². The van der Waals surface area contributed by atoms with Gasteiger partial charge >= 0.3 is 0 Å². The molecule has 1 saturated heterocycles. The van der Waals surface area contributed by atoms with E-state index in [2.05, 4.69) is 25.8 Å². The summed E-state index contributed by atoms with van der Waals surface area (Å²) in [6.07, 6.45) is 4.16. The van der Waals surface area contributed by atoms with Gasteiger partial charge < -0.3 is 20.4 Å². The number of nitrogens with one attached hydrogen (secondary N) is 4. The molecule has 0 spiro atoms. The molecule has 1 fully saturated rings. The molecular formula is C25H25FN6O2. The van der Waals surface area contributed by atoms with Crippen molar-refractivity contribution in [3.05, 3.63) is 69.5 Å². The summed E-state index contributed by atoms with van der Waals surface area (Å²) in [6, 6.07) is 8.77. The first-order valence-electron chi connectivity index (χ1n) is 11.6. The highest BCUT2D eigenvalue weighted by atomic mass is 19.1. The highest BCUT2D eigenvalue weighted by Gasteiger charge is 2.22. The largest absolute Gasteiger partial charge is 0.381 e. The van der Waals surface area contributed by atoms with Gasteiger partial charge in [0.1, 0.15) is 5.82 Å². The van der Waals surface area contributed by atoms with Crippen LogP contribution >= 0.6 is 0 Å². The van der Waals surface area contributed by atoms with Crippen LogP contribution in [0.3, 0.4) is 0 Å². The molecule has 0 amide bonds. The van der Waals surface area contributed by atoms with Crippen molar-refractivity contribution in [3.63, 3.8) is 0 Å². The van der Waals surface area contributed by atoms with Crippen LogP contribution in [-0.4, -0.2) is 39.9 Å². The second-order valence-electron chi connectivity index (χ2n) is 8.83. The highest BCUT2D eigenvalue weighted by molar-refractivity contribution is 5.94. The monoisotopic (exact) mass is 460 g/mol. The molecular weight excluding hydrogens is 435 g/mol. The number of pyridine rings is 2. The van der Waals surface area contributed by atoms with Gasteiger partial charge in [-0.1, -0.05) is 6.07 Å². The molecule has 9 heteroatoms.